The Morgan fingerprint density at radius 1 is 1.30 bits per heavy atom. The van der Waals surface area contributed by atoms with Gasteiger partial charge in [-0.3, -0.25) is 0 Å². The molecule has 1 heterocycles. The van der Waals surface area contributed by atoms with Crippen molar-refractivity contribution in [3.05, 3.63) is 0 Å². The van der Waals surface area contributed by atoms with Gasteiger partial charge in [0.2, 0.25) is 0 Å². The van der Waals surface area contributed by atoms with Gasteiger partial charge in [0.25, 0.3) is 0 Å². The molecule has 0 aromatic heterocycles. The molecular formula is C14H25N3O3. The van der Waals surface area contributed by atoms with Crippen LogP contribution >= 0.6 is 0 Å². The summed E-state index contributed by atoms with van der Waals surface area (Å²) in [6.07, 6.45) is 3.32. The molecule has 0 aromatic rings. The van der Waals surface area contributed by atoms with Crippen molar-refractivity contribution < 1.29 is 14.3 Å². The van der Waals surface area contributed by atoms with Crippen LogP contribution in [0.1, 0.15) is 46.5 Å². The summed E-state index contributed by atoms with van der Waals surface area (Å²) in [6.45, 7) is 7.11. The van der Waals surface area contributed by atoms with E-state index in [0.29, 0.717) is 6.04 Å². The molecular weight excluding hydrogens is 258 g/mol. The lowest BCUT2D eigenvalue weighted by Crippen LogP contribution is -2.46. The number of alkyl carbamates (subject to hydrolysis) is 1. The lowest BCUT2D eigenvalue weighted by molar-refractivity contribution is 0.0483. The van der Waals surface area contributed by atoms with Crippen LogP contribution in [0.5, 0.6) is 0 Å². The molecule has 1 saturated heterocycles. The predicted octanol–water partition coefficient (Wildman–Crippen LogP) is 1.85. The largest absolute Gasteiger partial charge is 0.444 e. The summed E-state index contributed by atoms with van der Waals surface area (Å²) >= 11 is 0. The molecule has 0 bridgehead atoms. The fraction of sp³-hybridized carbons (Fsp3) is 0.857. The molecule has 0 aromatic carbocycles. The molecule has 3 amide bonds. The Hall–Kier alpha value is -1.46. The van der Waals surface area contributed by atoms with Gasteiger partial charge in [-0.15, -0.1) is 0 Å². The highest BCUT2D eigenvalue weighted by molar-refractivity contribution is 5.76. The van der Waals surface area contributed by atoms with Crippen LogP contribution in [0.15, 0.2) is 0 Å². The molecule has 6 nitrogen and oxygen atoms in total. The third kappa shape index (κ3) is 4.02. The highest BCUT2D eigenvalue weighted by atomic mass is 16.6. The van der Waals surface area contributed by atoms with E-state index in [1.807, 2.05) is 25.7 Å². The van der Waals surface area contributed by atoms with E-state index in [0.717, 1.165) is 38.8 Å². The van der Waals surface area contributed by atoms with Gasteiger partial charge in [-0.25, -0.2) is 9.59 Å². The molecule has 0 unspecified atom stereocenters. The van der Waals surface area contributed by atoms with E-state index in [-0.39, 0.29) is 18.2 Å². The highest BCUT2D eigenvalue weighted by Gasteiger charge is 2.32. The molecule has 114 valence electrons. The van der Waals surface area contributed by atoms with E-state index in [1.54, 1.807) is 0 Å². The summed E-state index contributed by atoms with van der Waals surface area (Å²) in [5.74, 6) is 0. The minimum absolute atomic E-state index is 0.0496. The van der Waals surface area contributed by atoms with Crippen molar-refractivity contribution >= 4 is 12.1 Å². The minimum atomic E-state index is -0.463. The number of hydrogen-bond acceptors (Lipinski definition) is 3. The Bertz CT molecular complexity index is 370. The molecule has 20 heavy (non-hydrogen) atoms. The number of hydrogen-bond donors (Lipinski definition) is 2. The molecule has 0 atom stereocenters. The smallest absolute Gasteiger partial charge is 0.407 e. The molecule has 2 fully saturated rings. The van der Waals surface area contributed by atoms with Gasteiger partial charge in [-0.05, 0) is 46.5 Å². The van der Waals surface area contributed by atoms with Gasteiger partial charge in [0, 0.05) is 25.2 Å². The molecule has 2 rings (SSSR count). The van der Waals surface area contributed by atoms with Crippen LogP contribution in [-0.4, -0.2) is 47.8 Å². The average molecular weight is 283 g/mol. The molecule has 1 aliphatic heterocycles. The standard InChI is InChI=1S/C14H25N3O3/c1-14(2,3)20-13(19)16-10-4-6-11(7-5-10)17-9-8-15-12(17)18/h10-11H,4-9H2,1-3H3,(H,15,18)(H,16,19). The van der Waals surface area contributed by atoms with Gasteiger partial charge in [0.1, 0.15) is 5.60 Å². The Balaban J connectivity index is 1.74. The number of nitrogens with zero attached hydrogens (tertiary/aromatic N) is 1. The molecule has 1 aliphatic carbocycles. The SMILES string of the molecule is CC(C)(C)OC(=O)NC1CCC(N2CCNC2=O)CC1. The normalized spacial score (nSPS) is 27.1. The molecule has 0 radical (unpaired) electrons. The van der Waals surface area contributed by atoms with Crippen molar-refractivity contribution in [2.45, 2.75) is 64.1 Å². The summed E-state index contributed by atoms with van der Waals surface area (Å²) in [5, 5.41) is 5.75. The quantitative estimate of drug-likeness (QED) is 0.812. The van der Waals surface area contributed by atoms with Crippen LogP contribution < -0.4 is 10.6 Å². The maximum absolute atomic E-state index is 11.7. The minimum Gasteiger partial charge on any atom is -0.444 e. The maximum atomic E-state index is 11.7. The first-order valence-electron chi connectivity index (χ1n) is 7.39. The van der Waals surface area contributed by atoms with Crippen molar-refractivity contribution in [3.63, 3.8) is 0 Å². The van der Waals surface area contributed by atoms with E-state index in [9.17, 15) is 9.59 Å². The van der Waals surface area contributed by atoms with Gasteiger partial charge in [0.15, 0.2) is 0 Å². The average Bonchev–Trinajstić information content (AvgIpc) is 2.74. The molecule has 2 N–H and O–H groups in total. The summed E-state index contributed by atoms with van der Waals surface area (Å²) in [6, 6.07) is 0.523. The molecule has 0 spiro atoms. The highest BCUT2D eigenvalue weighted by Crippen LogP contribution is 2.24. The van der Waals surface area contributed by atoms with Crippen LogP contribution in [0.25, 0.3) is 0 Å². The number of nitrogens with one attached hydrogen (secondary N) is 2. The van der Waals surface area contributed by atoms with E-state index >= 15 is 0 Å². The van der Waals surface area contributed by atoms with E-state index < -0.39 is 5.60 Å². The zero-order chi connectivity index (χ0) is 14.8. The lowest BCUT2D eigenvalue weighted by Gasteiger charge is -2.34. The number of ether oxygens (including phenoxy) is 1. The first-order chi connectivity index (χ1) is 9.35. The van der Waals surface area contributed by atoms with Gasteiger partial charge in [-0.2, -0.15) is 0 Å². The van der Waals surface area contributed by atoms with Crippen LogP contribution in [-0.2, 0) is 4.74 Å². The first kappa shape index (κ1) is 14.9. The Morgan fingerprint density at radius 3 is 2.45 bits per heavy atom. The Labute approximate surface area is 120 Å². The van der Waals surface area contributed by atoms with Crippen molar-refractivity contribution in [1.82, 2.24) is 15.5 Å². The number of carbonyl (C=O) groups excluding carboxylic acids is 2. The fourth-order valence-corrected chi connectivity index (χ4v) is 2.84. The monoisotopic (exact) mass is 283 g/mol. The topological polar surface area (TPSA) is 70.7 Å². The second-order valence-corrected chi connectivity index (χ2v) is 6.58. The first-order valence-corrected chi connectivity index (χ1v) is 7.39. The summed E-state index contributed by atoms with van der Waals surface area (Å²) in [5.41, 5.74) is -0.463. The summed E-state index contributed by atoms with van der Waals surface area (Å²) < 4.78 is 5.26. The van der Waals surface area contributed by atoms with Gasteiger partial charge in [0.05, 0.1) is 0 Å². The van der Waals surface area contributed by atoms with E-state index in [2.05, 4.69) is 10.6 Å². The Morgan fingerprint density at radius 2 is 1.95 bits per heavy atom. The van der Waals surface area contributed by atoms with Gasteiger partial charge in [-0.1, -0.05) is 0 Å². The zero-order valence-corrected chi connectivity index (χ0v) is 12.6. The lowest BCUT2D eigenvalue weighted by atomic mass is 9.90. The third-order valence-corrected chi connectivity index (χ3v) is 3.75. The number of urea groups is 1. The predicted molar refractivity (Wildman–Crippen MR) is 75.5 cm³/mol. The number of amides is 3. The number of rotatable bonds is 2. The second-order valence-electron chi connectivity index (χ2n) is 6.58. The van der Waals surface area contributed by atoms with Gasteiger partial charge < -0.3 is 20.3 Å². The van der Waals surface area contributed by atoms with Crippen molar-refractivity contribution in [1.29, 1.82) is 0 Å². The zero-order valence-electron chi connectivity index (χ0n) is 12.6. The van der Waals surface area contributed by atoms with E-state index in [1.165, 1.54) is 0 Å². The summed E-state index contributed by atoms with van der Waals surface area (Å²) in [7, 11) is 0. The van der Waals surface area contributed by atoms with Crippen LogP contribution in [0.2, 0.25) is 0 Å². The summed E-state index contributed by atoms with van der Waals surface area (Å²) in [4.78, 5) is 25.2. The van der Waals surface area contributed by atoms with Crippen LogP contribution in [0.3, 0.4) is 0 Å². The fourth-order valence-electron chi connectivity index (χ4n) is 2.84. The third-order valence-electron chi connectivity index (χ3n) is 3.75. The van der Waals surface area contributed by atoms with E-state index in [4.69, 9.17) is 4.74 Å². The van der Waals surface area contributed by atoms with Crippen LogP contribution in [0, 0.1) is 0 Å². The second kappa shape index (κ2) is 5.89. The molecule has 2 aliphatic rings. The van der Waals surface area contributed by atoms with Crippen LogP contribution in [0.4, 0.5) is 9.59 Å². The Kier molecular flexibility index (Phi) is 4.40. The van der Waals surface area contributed by atoms with Crippen molar-refractivity contribution in [2.75, 3.05) is 13.1 Å². The molecule has 1 saturated carbocycles. The maximum Gasteiger partial charge on any atom is 0.407 e. The van der Waals surface area contributed by atoms with Gasteiger partial charge >= 0.3 is 12.1 Å². The van der Waals surface area contributed by atoms with Crippen molar-refractivity contribution in [2.24, 2.45) is 0 Å². The number of carbonyl (C=O) groups is 2. The molecule has 6 heteroatoms. The van der Waals surface area contributed by atoms with Crippen molar-refractivity contribution in [3.8, 4) is 0 Å².